The zero-order chi connectivity index (χ0) is 25.9. The number of likely N-dealkylation sites (tertiary alicyclic amines) is 1. The number of hydrazone groups is 1. The maximum atomic E-state index is 12.4. The number of amides is 2. The number of carbonyl (C=O) groups excluding carboxylic acids is 2. The fourth-order valence-corrected chi connectivity index (χ4v) is 3.96. The van der Waals surface area contributed by atoms with E-state index in [0.717, 1.165) is 42.6 Å². The molecule has 2 aromatic rings. The molecule has 8 nitrogen and oxygen atoms in total. The maximum Gasteiger partial charge on any atom is 0.277 e. The summed E-state index contributed by atoms with van der Waals surface area (Å²) in [5.41, 5.74) is 5.33. The van der Waals surface area contributed by atoms with E-state index in [4.69, 9.17) is 14.2 Å². The topological polar surface area (TPSA) is 89.5 Å². The Morgan fingerprint density at radius 1 is 0.972 bits per heavy atom. The molecular weight excluding hydrogens is 458 g/mol. The van der Waals surface area contributed by atoms with E-state index in [0.29, 0.717) is 23.9 Å². The molecule has 0 spiro atoms. The predicted octanol–water partition coefficient (Wildman–Crippen LogP) is 4.44. The Bertz CT molecular complexity index is 1060. The molecule has 1 aliphatic rings. The Kier molecular flexibility index (Phi) is 10.2. The fourth-order valence-electron chi connectivity index (χ4n) is 3.96. The molecule has 1 aliphatic heterocycles. The number of ether oxygens (including phenoxy) is 3. The van der Waals surface area contributed by atoms with Crippen LogP contribution in [0.25, 0.3) is 0 Å². The van der Waals surface area contributed by atoms with Crippen LogP contribution >= 0.6 is 0 Å². The minimum atomic E-state index is -0.358. The minimum absolute atomic E-state index is 0.0149. The fraction of sp³-hybridized carbons (Fsp3) is 0.464. The van der Waals surface area contributed by atoms with E-state index in [-0.39, 0.29) is 30.9 Å². The van der Waals surface area contributed by atoms with Gasteiger partial charge in [0.2, 0.25) is 0 Å². The lowest BCUT2D eigenvalue weighted by Gasteiger charge is -2.26. The number of piperidine rings is 1. The van der Waals surface area contributed by atoms with E-state index in [1.54, 1.807) is 18.2 Å². The van der Waals surface area contributed by atoms with Gasteiger partial charge in [0.25, 0.3) is 11.8 Å². The van der Waals surface area contributed by atoms with E-state index in [9.17, 15) is 9.59 Å². The monoisotopic (exact) mass is 495 g/mol. The third-order valence-electron chi connectivity index (χ3n) is 5.88. The quantitative estimate of drug-likeness (QED) is 0.368. The Morgan fingerprint density at radius 2 is 1.72 bits per heavy atom. The van der Waals surface area contributed by atoms with Crippen LogP contribution in [0.3, 0.4) is 0 Å². The highest BCUT2D eigenvalue weighted by molar-refractivity contribution is 5.84. The number of nitrogens with one attached hydrogen (secondary N) is 1. The highest BCUT2D eigenvalue weighted by Crippen LogP contribution is 2.29. The van der Waals surface area contributed by atoms with Gasteiger partial charge in [-0.25, -0.2) is 5.43 Å². The summed E-state index contributed by atoms with van der Waals surface area (Å²) in [6.45, 7) is 9.90. The summed E-state index contributed by atoms with van der Waals surface area (Å²) in [7, 11) is 0. The average molecular weight is 496 g/mol. The highest BCUT2D eigenvalue weighted by atomic mass is 16.5. The molecule has 194 valence electrons. The van der Waals surface area contributed by atoms with Crippen LogP contribution in [0, 0.1) is 6.92 Å². The molecule has 1 fully saturated rings. The second-order valence-corrected chi connectivity index (χ2v) is 9.15. The summed E-state index contributed by atoms with van der Waals surface area (Å²) < 4.78 is 17.2. The Morgan fingerprint density at radius 3 is 2.44 bits per heavy atom. The van der Waals surface area contributed by atoms with Gasteiger partial charge in [-0.15, -0.1) is 0 Å². The summed E-state index contributed by atoms with van der Waals surface area (Å²) in [4.78, 5) is 26.5. The minimum Gasteiger partial charge on any atom is -0.490 e. The number of benzene rings is 2. The van der Waals surface area contributed by atoms with Crippen molar-refractivity contribution >= 4 is 18.0 Å². The van der Waals surface area contributed by atoms with Gasteiger partial charge in [-0.2, -0.15) is 5.10 Å². The first-order chi connectivity index (χ1) is 17.4. The molecule has 36 heavy (non-hydrogen) atoms. The van der Waals surface area contributed by atoms with Gasteiger partial charge in [0.15, 0.2) is 24.7 Å². The molecule has 0 unspecified atom stereocenters. The van der Waals surface area contributed by atoms with Crippen LogP contribution in [0.2, 0.25) is 0 Å². The van der Waals surface area contributed by atoms with E-state index in [2.05, 4.69) is 24.4 Å². The van der Waals surface area contributed by atoms with Crippen LogP contribution in [-0.4, -0.2) is 55.8 Å². The molecule has 0 radical (unpaired) electrons. The van der Waals surface area contributed by atoms with Crippen molar-refractivity contribution in [1.29, 1.82) is 0 Å². The first-order valence-corrected chi connectivity index (χ1v) is 12.6. The third kappa shape index (κ3) is 8.00. The van der Waals surface area contributed by atoms with E-state index >= 15 is 0 Å². The van der Waals surface area contributed by atoms with Gasteiger partial charge in [0.05, 0.1) is 12.8 Å². The molecule has 0 aliphatic carbocycles. The van der Waals surface area contributed by atoms with Crippen LogP contribution in [-0.2, 0) is 9.59 Å². The number of hydrogen-bond donors (Lipinski definition) is 1. The Labute approximate surface area is 213 Å². The molecule has 1 saturated heterocycles. The summed E-state index contributed by atoms with van der Waals surface area (Å²) in [5.74, 6) is 1.64. The lowest BCUT2D eigenvalue weighted by atomic mass is 10.0. The van der Waals surface area contributed by atoms with Crippen LogP contribution < -0.4 is 19.6 Å². The normalized spacial score (nSPS) is 13.6. The van der Waals surface area contributed by atoms with E-state index < -0.39 is 0 Å². The Balaban J connectivity index is 1.54. The van der Waals surface area contributed by atoms with Gasteiger partial charge < -0.3 is 19.1 Å². The predicted molar refractivity (Wildman–Crippen MR) is 140 cm³/mol. The smallest absolute Gasteiger partial charge is 0.277 e. The number of hydrogen-bond acceptors (Lipinski definition) is 6. The van der Waals surface area contributed by atoms with E-state index in [1.165, 1.54) is 12.6 Å². The largest absolute Gasteiger partial charge is 0.490 e. The molecule has 0 bridgehead atoms. The van der Waals surface area contributed by atoms with Crippen molar-refractivity contribution in [3.63, 3.8) is 0 Å². The molecule has 2 amide bonds. The van der Waals surface area contributed by atoms with Crippen molar-refractivity contribution in [2.45, 2.75) is 52.9 Å². The van der Waals surface area contributed by atoms with Crippen LogP contribution in [0.5, 0.6) is 17.2 Å². The average Bonchev–Trinajstić information content (AvgIpc) is 2.87. The van der Waals surface area contributed by atoms with Gasteiger partial charge in [0.1, 0.15) is 5.75 Å². The highest BCUT2D eigenvalue weighted by Gasteiger charge is 2.18. The molecule has 3 rings (SSSR count). The molecule has 0 saturated carbocycles. The second-order valence-electron chi connectivity index (χ2n) is 9.15. The number of aryl methyl sites for hydroxylation is 1. The SMILES string of the molecule is CCOc1cc(/C=N/NC(=O)COc2cc(C)ccc2C(C)C)ccc1OCC(=O)N1CCCCC1. The molecule has 1 N–H and O–H groups in total. The Hall–Kier alpha value is -3.55. The maximum absolute atomic E-state index is 12.4. The molecular formula is C28H37N3O5. The van der Waals surface area contributed by atoms with Crippen molar-refractivity contribution in [3.05, 3.63) is 53.1 Å². The molecule has 2 aromatic carbocycles. The van der Waals surface area contributed by atoms with Crippen LogP contribution in [0.1, 0.15) is 62.6 Å². The number of rotatable bonds is 11. The zero-order valence-corrected chi connectivity index (χ0v) is 21.7. The summed E-state index contributed by atoms with van der Waals surface area (Å²) in [6.07, 6.45) is 4.77. The molecule has 1 heterocycles. The summed E-state index contributed by atoms with van der Waals surface area (Å²) in [5, 5.41) is 4.03. The number of nitrogens with zero attached hydrogens (tertiary/aromatic N) is 2. The third-order valence-corrected chi connectivity index (χ3v) is 5.88. The van der Waals surface area contributed by atoms with Crippen molar-refractivity contribution in [2.24, 2.45) is 5.10 Å². The first-order valence-electron chi connectivity index (χ1n) is 12.6. The molecule has 8 heteroatoms. The molecule has 0 atom stereocenters. The van der Waals surface area contributed by atoms with Gasteiger partial charge in [-0.3, -0.25) is 9.59 Å². The summed E-state index contributed by atoms with van der Waals surface area (Å²) >= 11 is 0. The van der Waals surface area contributed by atoms with Gasteiger partial charge in [-0.1, -0.05) is 26.0 Å². The van der Waals surface area contributed by atoms with Crippen LogP contribution in [0.4, 0.5) is 0 Å². The van der Waals surface area contributed by atoms with Crippen molar-refractivity contribution in [3.8, 4) is 17.2 Å². The van der Waals surface area contributed by atoms with Gasteiger partial charge in [0, 0.05) is 13.1 Å². The van der Waals surface area contributed by atoms with Crippen molar-refractivity contribution in [2.75, 3.05) is 32.9 Å². The standard InChI is InChI=1S/C28H37N3O5/c1-5-34-26-16-22(10-12-24(26)36-19-28(33)31-13-7-6-8-14-31)17-29-30-27(32)18-35-25-15-21(4)9-11-23(25)20(2)3/h9-12,15-17,20H,5-8,13-14,18-19H2,1-4H3,(H,30,32)/b29-17+. The summed E-state index contributed by atoms with van der Waals surface area (Å²) in [6, 6.07) is 11.3. The lowest BCUT2D eigenvalue weighted by molar-refractivity contribution is -0.134. The number of carbonyl (C=O) groups is 2. The second kappa shape index (κ2) is 13.5. The van der Waals surface area contributed by atoms with Crippen LogP contribution in [0.15, 0.2) is 41.5 Å². The lowest BCUT2D eigenvalue weighted by Crippen LogP contribution is -2.38. The zero-order valence-electron chi connectivity index (χ0n) is 21.7. The van der Waals surface area contributed by atoms with Crippen molar-refractivity contribution in [1.82, 2.24) is 10.3 Å². The van der Waals surface area contributed by atoms with E-state index in [1.807, 2.05) is 36.9 Å². The van der Waals surface area contributed by atoms with Gasteiger partial charge >= 0.3 is 0 Å². The van der Waals surface area contributed by atoms with Gasteiger partial charge in [-0.05, 0) is 80.0 Å². The molecule has 0 aromatic heterocycles. The first kappa shape index (κ1) is 27.0. The van der Waals surface area contributed by atoms with Crippen molar-refractivity contribution < 1.29 is 23.8 Å².